The Morgan fingerprint density at radius 3 is 2.75 bits per heavy atom. The first kappa shape index (κ1) is 12.8. The van der Waals surface area contributed by atoms with Crippen molar-refractivity contribution in [3.8, 4) is 6.07 Å². The van der Waals surface area contributed by atoms with Gasteiger partial charge in [-0.3, -0.25) is 0 Å². The van der Waals surface area contributed by atoms with E-state index in [1.165, 1.54) is 6.07 Å². The molecule has 1 rings (SSSR count). The second-order valence-corrected chi connectivity index (χ2v) is 4.68. The molecule has 0 atom stereocenters. The molecule has 0 amide bonds. The molecule has 86 valence electrons. The third-order valence-corrected chi connectivity index (χ3v) is 2.63. The zero-order valence-corrected chi connectivity index (χ0v) is 10.1. The third kappa shape index (κ3) is 3.39. The first-order valence-corrected chi connectivity index (χ1v) is 5.43. The van der Waals surface area contributed by atoms with Gasteiger partial charge in [-0.2, -0.15) is 5.26 Å². The van der Waals surface area contributed by atoms with Crippen molar-refractivity contribution in [1.29, 1.82) is 5.26 Å². The van der Waals surface area contributed by atoms with Crippen LogP contribution in [-0.2, 0) is 0 Å². The highest BCUT2D eigenvalue weighted by atomic mass is 35.5. The number of halogens is 2. The molecule has 16 heavy (non-hydrogen) atoms. The lowest BCUT2D eigenvalue weighted by atomic mass is 9.91. The third-order valence-electron chi connectivity index (χ3n) is 2.32. The molecule has 0 saturated heterocycles. The summed E-state index contributed by atoms with van der Waals surface area (Å²) in [5.74, 6) is -0.373. The number of rotatable bonds is 4. The Kier molecular flexibility index (Phi) is 4.14. The van der Waals surface area contributed by atoms with Crippen molar-refractivity contribution in [2.24, 2.45) is 5.41 Å². The van der Waals surface area contributed by atoms with Crippen molar-refractivity contribution >= 4 is 17.3 Å². The fourth-order valence-corrected chi connectivity index (χ4v) is 1.45. The summed E-state index contributed by atoms with van der Waals surface area (Å²) in [4.78, 5) is 0. The fraction of sp³-hybridized carbons (Fsp3) is 0.417. The molecule has 2 nitrogen and oxygen atoms in total. The molecule has 0 aliphatic heterocycles. The standard InChI is InChI=1S/C12H14ClFN2/c1-12(2,8-15)6-7-16-11-9(13)4-3-5-10(11)14/h3-5,16H,6-7H2,1-2H3. The van der Waals surface area contributed by atoms with Crippen LogP contribution in [0.25, 0.3) is 0 Å². The summed E-state index contributed by atoms with van der Waals surface area (Å²) in [5.41, 5.74) is -0.108. The predicted molar refractivity (Wildman–Crippen MR) is 63.9 cm³/mol. The summed E-state index contributed by atoms with van der Waals surface area (Å²) < 4.78 is 13.3. The Bertz CT molecular complexity index is 390. The van der Waals surface area contributed by atoms with E-state index in [1.54, 1.807) is 12.1 Å². The molecule has 4 heteroatoms. The SMILES string of the molecule is CC(C)(C#N)CCNc1c(F)cccc1Cl. The van der Waals surface area contributed by atoms with Crippen LogP contribution in [0.2, 0.25) is 5.02 Å². The summed E-state index contributed by atoms with van der Waals surface area (Å²) >= 11 is 5.85. The highest BCUT2D eigenvalue weighted by molar-refractivity contribution is 6.33. The van der Waals surface area contributed by atoms with Crippen LogP contribution in [0.3, 0.4) is 0 Å². The minimum atomic E-state index is -0.412. The van der Waals surface area contributed by atoms with E-state index in [-0.39, 0.29) is 5.82 Å². The van der Waals surface area contributed by atoms with Crippen LogP contribution in [0, 0.1) is 22.6 Å². The van der Waals surface area contributed by atoms with E-state index in [4.69, 9.17) is 16.9 Å². The Morgan fingerprint density at radius 2 is 2.19 bits per heavy atom. The molecule has 0 radical (unpaired) electrons. The number of anilines is 1. The van der Waals surface area contributed by atoms with Crippen LogP contribution in [0.1, 0.15) is 20.3 Å². The highest BCUT2D eigenvalue weighted by Gasteiger charge is 2.16. The monoisotopic (exact) mass is 240 g/mol. The van der Waals surface area contributed by atoms with Crippen molar-refractivity contribution in [3.63, 3.8) is 0 Å². The fourth-order valence-electron chi connectivity index (χ4n) is 1.22. The quantitative estimate of drug-likeness (QED) is 0.868. The molecule has 0 saturated carbocycles. The number of nitriles is 1. The van der Waals surface area contributed by atoms with Gasteiger partial charge in [-0.25, -0.2) is 4.39 Å². The molecule has 0 aliphatic rings. The zero-order valence-electron chi connectivity index (χ0n) is 9.35. The lowest BCUT2D eigenvalue weighted by molar-refractivity contribution is 0.466. The second-order valence-electron chi connectivity index (χ2n) is 4.27. The summed E-state index contributed by atoms with van der Waals surface area (Å²) in [6.07, 6.45) is 0.633. The van der Waals surface area contributed by atoms with Gasteiger partial charge in [-0.1, -0.05) is 17.7 Å². The Morgan fingerprint density at radius 1 is 1.50 bits per heavy atom. The van der Waals surface area contributed by atoms with Crippen molar-refractivity contribution in [2.45, 2.75) is 20.3 Å². The predicted octanol–water partition coefficient (Wildman–Crippen LogP) is 3.83. The molecule has 0 fully saturated rings. The molecule has 1 aromatic carbocycles. The number of hydrogen-bond donors (Lipinski definition) is 1. The molecule has 1 N–H and O–H groups in total. The highest BCUT2D eigenvalue weighted by Crippen LogP contribution is 2.25. The maximum absolute atomic E-state index is 13.3. The van der Waals surface area contributed by atoms with Gasteiger partial charge in [0.05, 0.1) is 22.2 Å². The van der Waals surface area contributed by atoms with Crippen LogP contribution < -0.4 is 5.32 Å². The summed E-state index contributed by atoms with van der Waals surface area (Å²) in [5, 5.41) is 12.1. The van der Waals surface area contributed by atoms with Crippen molar-refractivity contribution in [3.05, 3.63) is 29.0 Å². The maximum atomic E-state index is 13.3. The minimum absolute atomic E-state index is 0.304. The van der Waals surface area contributed by atoms with E-state index in [2.05, 4.69) is 11.4 Å². The summed E-state index contributed by atoms with van der Waals surface area (Å²) in [6, 6.07) is 6.73. The molecular weight excluding hydrogens is 227 g/mol. The smallest absolute Gasteiger partial charge is 0.147 e. The average Bonchev–Trinajstić information content (AvgIpc) is 2.22. The molecular formula is C12H14ClFN2. The lowest BCUT2D eigenvalue weighted by Gasteiger charge is -2.16. The van der Waals surface area contributed by atoms with Crippen LogP contribution >= 0.6 is 11.6 Å². The molecule has 1 aromatic rings. The van der Waals surface area contributed by atoms with Crippen molar-refractivity contribution in [1.82, 2.24) is 0 Å². The van der Waals surface area contributed by atoms with Gasteiger partial charge in [0.15, 0.2) is 0 Å². The van der Waals surface area contributed by atoms with Gasteiger partial charge in [-0.05, 0) is 32.4 Å². The number of benzene rings is 1. The zero-order chi connectivity index (χ0) is 12.2. The van der Waals surface area contributed by atoms with Crippen LogP contribution in [-0.4, -0.2) is 6.54 Å². The van der Waals surface area contributed by atoms with Crippen LogP contribution in [0.5, 0.6) is 0 Å². The van der Waals surface area contributed by atoms with E-state index < -0.39 is 5.41 Å². The second kappa shape index (κ2) is 5.18. The van der Waals surface area contributed by atoms with E-state index >= 15 is 0 Å². The molecule has 0 aliphatic carbocycles. The normalized spacial score (nSPS) is 10.9. The largest absolute Gasteiger partial charge is 0.381 e. The van der Waals surface area contributed by atoms with Gasteiger partial charge < -0.3 is 5.32 Å². The van der Waals surface area contributed by atoms with E-state index in [1.807, 2.05) is 13.8 Å². The minimum Gasteiger partial charge on any atom is -0.381 e. The van der Waals surface area contributed by atoms with Crippen molar-refractivity contribution in [2.75, 3.05) is 11.9 Å². The first-order chi connectivity index (χ1) is 7.46. The summed E-state index contributed by atoms with van der Waals surface area (Å²) in [6.45, 7) is 4.20. The molecule has 0 unspecified atom stereocenters. The lowest BCUT2D eigenvalue weighted by Crippen LogP contribution is -2.15. The summed E-state index contributed by atoms with van der Waals surface area (Å²) in [7, 11) is 0. The van der Waals surface area contributed by atoms with Gasteiger partial charge >= 0.3 is 0 Å². The van der Waals surface area contributed by atoms with Crippen molar-refractivity contribution < 1.29 is 4.39 Å². The van der Waals surface area contributed by atoms with Gasteiger partial charge in [0.2, 0.25) is 0 Å². The molecule has 0 spiro atoms. The Labute approximate surface area is 100 Å². The van der Waals surface area contributed by atoms with E-state index in [9.17, 15) is 4.39 Å². The average molecular weight is 241 g/mol. The van der Waals surface area contributed by atoms with Gasteiger partial charge in [-0.15, -0.1) is 0 Å². The number of hydrogen-bond acceptors (Lipinski definition) is 2. The maximum Gasteiger partial charge on any atom is 0.147 e. The molecule has 0 heterocycles. The Balaban J connectivity index is 2.60. The first-order valence-electron chi connectivity index (χ1n) is 5.05. The molecule has 0 aromatic heterocycles. The van der Waals surface area contributed by atoms with Gasteiger partial charge in [0.1, 0.15) is 5.82 Å². The van der Waals surface area contributed by atoms with E-state index in [0.29, 0.717) is 23.7 Å². The number of nitrogens with one attached hydrogen (secondary N) is 1. The van der Waals surface area contributed by atoms with Crippen LogP contribution in [0.15, 0.2) is 18.2 Å². The van der Waals surface area contributed by atoms with E-state index in [0.717, 1.165) is 0 Å². The van der Waals surface area contributed by atoms with Gasteiger partial charge in [0.25, 0.3) is 0 Å². The Hall–Kier alpha value is -1.27. The van der Waals surface area contributed by atoms with Crippen LogP contribution in [0.4, 0.5) is 10.1 Å². The van der Waals surface area contributed by atoms with Gasteiger partial charge in [0, 0.05) is 6.54 Å². The molecule has 0 bridgehead atoms. The number of nitrogens with zero attached hydrogens (tertiary/aromatic N) is 1. The topological polar surface area (TPSA) is 35.8 Å². The number of para-hydroxylation sites is 1.